The molecule has 5 heteroatoms. The lowest BCUT2D eigenvalue weighted by atomic mass is 10.00. The van der Waals surface area contributed by atoms with Gasteiger partial charge in [-0.1, -0.05) is 17.9 Å². The Hall–Kier alpha value is -2.61. The number of piperidine rings is 1. The normalized spacial score (nSPS) is 17.8. The molecule has 2 aliphatic rings. The van der Waals surface area contributed by atoms with Crippen molar-refractivity contribution in [3.8, 4) is 11.8 Å². The van der Waals surface area contributed by atoms with E-state index < -0.39 is 0 Å². The quantitative estimate of drug-likeness (QED) is 0.746. The number of pyridine rings is 1. The molecule has 0 spiro atoms. The second-order valence-electron chi connectivity index (χ2n) is 6.64. The maximum atomic E-state index is 12.5. The Morgan fingerprint density at radius 3 is 2.80 bits per heavy atom. The molecule has 128 valence electrons. The molecule has 0 N–H and O–H groups in total. The molecule has 2 aromatic heterocycles. The van der Waals surface area contributed by atoms with Gasteiger partial charge in [-0.2, -0.15) is 4.98 Å². The Balaban J connectivity index is 1.56. The van der Waals surface area contributed by atoms with E-state index in [2.05, 4.69) is 27.9 Å². The van der Waals surface area contributed by atoms with Gasteiger partial charge in [0.2, 0.25) is 0 Å². The summed E-state index contributed by atoms with van der Waals surface area (Å²) in [4.78, 5) is 22.8. The van der Waals surface area contributed by atoms with Crippen LogP contribution in [0.2, 0.25) is 0 Å². The van der Waals surface area contributed by atoms with E-state index in [1.54, 1.807) is 6.20 Å². The molecule has 1 aliphatic carbocycles. The zero-order chi connectivity index (χ0) is 17.1. The molecule has 1 saturated heterocycles. The van der Waals surface area contributed by atoms with Gasteiger partial charge in [0.15, 0.2) is 11.2 Å². The molecule has 0 aromatic carbocycles. The predicted molar refractivity (Wildman–Crippen MR) is 95.0 cm³/mol. The third-order valence-corrected chi connectivity index (χ3v) is 4.73. The van der Waals surface area contributed by atoms with Crippen molar-refractivity contribution in [1.82, 2.24) is 14.9 Å². The van der Waals surface area contributed by atoms with Gasteiger partial charge in [-0.25, -0.2) is 4.98 Å². The van der Waals surface area contributed by atoms with Gasteiger partial charge in [-0.15, -0.1) is 0 Å². The smallest absolute Gasteiger partial charge is 0.309 e. The zero-order valence-corrected chi connectivity index (χ0v) is 14.3. The molecule has 1 amide bonds. The van der Waals surface area contributed by atoms with Gasteiger partial charge in [0.05, 0.1) is 0 Å². The van der Waals surface area contributed by atoms with E-state index in [0.717, 1.165) is 44.3 Å². The van der Waals surface area contributed by atoms with Gasteiger partial charge in [0, 0.05) is 30.9 Å². The van der Waals surface area contributed by atoms with Crippen LogP contribution in [0.25, 0.3) is 11.2 Å². The molecule has 1 fully saturated rings. The van der Waals surface area contributed by atoms with Crippen LogP contribution in [0.1, 0.15) is 61.2 Å². The molecule has 0 atom stereocenters. The first-order valence-electron chi connectivity index (χ1n) is 9.06. The number of likely N-dealkylation sites (tertiary alicyclic amines) is 1. The number of hydrogen-bond donors (Lipinski definition) is 0. The van der Waals surface area contributed by atoms with E-state index in [4.69, 9.17) is 4.42 Å². The Labute approximate surface area is 147 Å². The molecule has 3 heterocycles. The van der Waals surface area contributed by atoms with Crippen LogP contribution >= 0.6 is 0 Å². The lowest BCUT2D eigenvalue weighted by Crippen LogP contribution is -2.35. The zero-order valence-electron chi connectivity index (χ0n) is 14.3. The number of oxazole rings is 1. The first-order chi connectivity index (χ1) is 12.3. The first kappa shape index (κ1) is 15.9. The Morgan fingerprint density at radius 1 is 1.12 bits per heavy atom. The van der Waals surface area contributed by atoms with E-state index in [-0.39, 0.29) is 11.8 Å². The van der Waals surface area contributed by atoms with Crippen molar-refractivity contribution in [2.24, 2.45) is 0 Å². The lowest BCUT2D eigenvalue weighted by molar-refractivity contribution is 0.0686. The summed E-state index contributed by atoms with van der Waals surface area (Å²) in [5.41, 5.74) is 2.96. The fourth-order valence-electron chi connectivity index (χ4n) is 3.32. The standard InChI is InChI=1S/C20H21N3O2/c24-20(23-11-5-2-6-12-23)19-22-18-17(25-19)13-16(14-21-18)10-9-15-7-3-1-4-8-15/h7,13-14H,1-6,8,11-12H2. The molecule has 0 unspecified atom stereocenters. The van der Waals surface area contributed by atoms with Crippen LogP contribution < -0.4 is 0 Å². The highest BCUT2D eigenvalue weighted by Crippen LogP contribution is 2.19. The van der Waals surface area contributed by atoms with Crippen molar-refractivity contribution in [2.45, 2.75) is 44.9 Å². The molecule has 25 heavy (non-hydrogen) atoms. The van der Waals surface area contributed by atoms with Gasteiger partial charge >= 0.3 is 5.91 Å². The number of aromatic nitrogens is 2. The number of allylic oxidation sites excluding steroid dienone is 2. The largest absolute Gasteiger partial charge is 0.430 e. The fourth-order valence-corrected chi connectivity index (χ4v) is 3.32. The van der Waals surface area contributed by atoms with Gasteiger partial charge in [0.25, 0.3) is 5.89 Å². The average Bonchev–Trinajstić information content (AvgIpc) is 3.10. The van der Waals surface area contributed by atoms with E-state index in [0.29, 0.717) is 11.2 Å². The SMILES string of the molecule is O=C(c1nc2ncc(C#CC3=CCCCC3)cc2o1)N1CCCCC1. The average molecular weight is 335 g/mol. The molecule has 1 aliphatic heterocycles. The molecular weight excluding hydrogens is 314 g/mol. The third-order valence-electron chi connectivity index (χ3n) is 4.73. The lowest BCUT2D eigenvalue weighted by Gasteiger charge is -2.25. The van der Waals surface area contributed by atoms with Crippen LogP contribution in [-0.2, 0) is 0 Å². The highest BCUT2D eigenvalue weighted by atomic mass is 16.4. The molecule has 0 saturated carbocycles. The molecular formula is C20H21N3O2. The second-order valence-corrected chi connectivity index (χ2v) is 6.64. The van der Waals surface area contributed by atoms with E-state index >= 15 is 0 Å². The third kappa shape index (κ3) is 3.58. The highest BCUT2D eigenvalue weighted by molar-refractivity contribution is 5.92. The Bertz CT molecular complexity index is 879. The molecule has 0 bridgehead atoms. The van der Waals surface area contributed by atoms with Crippen LogP contribution in [0, 0.1) is 11.8 Å². The fraction of sp³-hybridized carbons (Fsp3) is 0.450. The summed E-state index contributed by atoms with van der Waals surface area (Å²) in [7, 11) is 0. The van der Waals surface area contributed by atoms with E-state index in [1.807, 2.05) is 11.0 Å². The van der Waals surface area contributed by atoms with Crippen molar-refractivity contribution in [2.75, 3.05) is 13.1 Å². The summed E-state index contributed by atoms with van der Waals surface area (Å²) in [5.74, 6) is 6.35. The summed E-state index contributed by atoms with van der Waals surface area (Å²) in [6, 6.07) is 1.82. The minimum absolute atomic E-state index is 0.129. The van der Waals surface area contributed by atoms with Gasteiger partial charge in [0.1, 0.15) is 0 Å². The molecule has 4 rings (SSSR count). The van der Waals surface area contributed by atoms with Gasteiger partial charge in [-0.05, 0) is 50.5 Å². The number of rotatable bonds is 1. The van der Waals surface area contributed by atoms with Crippen LogP contribution in [0.5, 0.6) is 0 Å². The minimum atomic E-state index is -0.141. The Kier molecular flexibility index (Phi) is 4.51. The van der Waals surface area contributed by atoms with E-state index in [9.17, 15) is 4.79 Å². The van der Waals surface area contributed by atoms with Crippen LogP contribution in [-0.4, -0.2) is 33.9 Å². The maximum Gasteiger partial charge on any atom is 0.309 e. The summed E-state index contributed by atoms with van der Waals surface area (Å²) in [6.45, 7) is 1.55. The van der Waals surface area contributed by atoms with Gasteiger partial charge in [-0.3, -0.25) is 4.79 Å². The van der Waals surface area contributed by atoms with E-state index in [1.165, 1.54) is 24.8 Å². The van der Waals surface area contributed by atoms with Crippen molar-refractivity contribution in [1.29, 1.82) is 0 Å². The summed E-state index contributed by atoms with van der Waals surface area (Å²) in [5, 5.41) is 0. The maximum absolute atomic E-state index is 12.5. The number of fused-ring (bicyclic) bond motifs is 1. The molecule has 0 radical (unpaired) electrons. The summed E-state index contributed by atoms with van der Waals surface area (Å²) < 4.78 is 5.67. The monoisotopic (exact) mass is 335 g/mol. The van der Waals surface area contributed by atoms with Crippen molar-refractivity contribution in [3.63, 3.8) is 0 Å². The Morgan fingerprint density at radius 2 is 2.00 bits per heavy atom. The van der Waals surface area contributed by atoms with Gasteiger partial charge < -0.3 is 9.32 Å². The molecule has 2 aromatic rings. The number of nitrogens with zero attached hydrogens (tertiary/aromatic N) is 3. The van der Waals surface area contributed by atoms with Crippen molar-refractivity contribution < 1.29 is 9.21 Å². The molecule has 5 nitrogen and oxygen atoms in total. The predicted octanol–water partition coefficient (Wildman–Crippen LogP) is 3.70. The number of carbonyl (C=O) groups excluding carboxylic acids is 1. The summed E-state index contributed by atoms with van der Waals surface area (Å²) >= 11 is 0. The number of amides is 1. The first-order valence-corrected chi connectivity index (χ1v) is 9.06. The van der Waals surface area contributed by atoms with Crippen molar-refractivity contribution in [3.05, 3.63) is 35.4 Å². The van der Waals surface area contributed by atoms with Crippen LogP contribution in [0.3, 0.4) is 0 Å². The number of hydrogen-bond acceptors (Lipinski definition) is 4. The van der Waals surface area contributed by atoms with Crippen molar-refractivity contribution >= 4 is 17.1 Å². The highest BCUT2D eigenvalue weighted by Gasteiger charge is 2.23. The minimum Gasteiger partial charge on any atom is -0.430 e. The summed E-state index contributed by atoms with van der Waals surface area (Å²) in [6.07, 6.45) is 11.8. The second kappa shape index (κ2) is 7.10. The van der Waals surface area contributed by atoms with Crippen LogP contribution in [0.4, 0.5) is 0 Å². The van der Waals surface area contributed by atoms with Crippen LogP contribution in [0.15, 0.2) is 28.3 Å². The number of carbonyl (C=O) groups is 1. The topological polar surface area (TPSA) is 59.2 Å².